The van der Waals surface area contributed by atoms with Crippen molar-refractivity contribution in [3.05, 3.63) is 135 Å². The van der Waals surface area contributed by atoms with E-state index in [1.165, 1.54) is 0 Å². The van der Waals surface area contributed by atoms with Crippen molar-refractivity contribution in [2.24, 2.45) is 0 Å². The Morgan fingerprint density at radius 2 is 1.47 bits per heavy atom. The third-order valence-corrected chi connectivity index (χ3v) is 6.55. The zero-order valence-corrected chi connectivity index (χ0v) is 21.2. The predicted molar refractivity (Wildman–Crippen MR) is 145 cm³/mol. The van der Waals surface area contributed by atoms with Crippen molar-refractivity contribution < 1.29 is 14.3 Å². The molecule has 1 atom stereocenters. The number of esters is 1. The highest BCUT2D eigenvalue weighted by atomic mass is 79.9. The average Bonchev–Trinajstić information content (AvgIpc) is 2.92. The minimum atomic E-state index is -1.14. The molecule has 0 spiro atoms. The smallest absolute Gasteiger partial charge is 0.339 e. The van der Waals surface area contributed by atoms with Gasteiger partial charge in [-0.2, -0.15) is 0 Å². The maximum Gasteiger partial charge on any atom is 0.339 e. The summed E-state index contributed by atoms with van der Waals surface area (Å²) in [4.78, 5) is 31.8. The zero-order chi connectivity index (χ0) is 25.1. The Balaban J connectivity index is 1.57. The second-order valence-corrected chi connectivity index (χ2v) is 9.50. The van der Waals surface area contributed by atoms with Gasteiger partial charge in [-0.05, 0) is 36.4 Å². The quantitative estimate of drug-likeness (QED) is 0.157. The van der Waals surface area contributed by atoms with Crippen molar-refractivity contribution in [3.63, 3.8) is 0 Å². The molecule has 6 heteroatoms. The normalized spacial score (nSPS) is 11.7. The van der Waals surface area contributed by atoms with Crippen LogP contribution in [0, 0.1) is 0 Å². The fourth-order valence-corrected chi connectivity index (χ4v) is 4.34. The van der Waals surface area contributed by atoms with Crippen molar-refractivity contribution in [2.45, 2.75) is 6.10 Å². The summed E-state index contributed by atoms with van der Waals surface area (Å²) in [7, 11) is 0. The van der Waals surface area contributed by atoms with Crippen LogP contribution in [0.3, 0.4) is 0 Å². The molecule has 4 aromatic carbocycles. The van der Waals surface area contributed by atoms with E-state index in [0.717, 1.165) is 10.0 Å². The average molecular weight is 557 g/mol. The van der Waals surface area contributed by atoms with E-state index < -0.39 is 12.1 Å². The van der Waals surface area contributed by atoms with Crippen LogP contribution in [-0.4, -0.2) is 16.7 Å². The lowest BCUT2D eigenvalue weighted by molar-refractivity contribution is 0.0282. The minimum absolute atomic E-state index is 0.322. The number of halogens is 2. The van der Waals surface area contributed by atoms with Gasteiger partial charge >= 0.3 is 5.97 Å². The molecule has 0 N–H and O–H groups in total. The van der Waals surface area contributed by atoms with Crippen LogP contribution < -0.4 is 0 Å². The fourth-order valence-electron chi connectivity index (χ4n) is 3.95. The fraction of sp³-hybridized carbons (Fsp3) is 0.0333. The van der Waals surface area contributed by atoms with Crippen molar-refractivity contribution in [1.82, 2.24) is 4.98 Å². The van der Waals surface area contributed by atoms with Gasteiger partial charge in [0.1, 0.15) is 0 Å². The van der Waals surface area contributed by atoms with Gasteiger partial charge in [-0.3, -0.25) is 4.79 Å². The molecule has 0 bridgehead atoms. The van der Waals surface area contributed by atoms with Crippen LogP contribution in [0.5, 0.6) is 0 Å². The van der Waals surface area contributed by atoms with Gasteiger partial charge in [0, 0.05) is 31.6 Å². The van der Waals surface area contributed by atoms with E-state index in [1.54, 1.807) is 54.6 Å². The first-order valence-corrected chi connectivity index (χ1v) is 12.4. The lowest BCUT2D eigenvalue weighted by Crippen LogP contribution is -2.20. The first-order chi connectivity index (χ1) is 17.5. The summed E-state index contributed by atoms with van der Waals surface area (Å²) < 4.78 is 6.87. The Bertz CT molecular complexity index is 1550. The van der Waals surface area contributed by atoms with E-state index in [9.17, 15) is 9.59 Å². The van der Waals surface area contributed by atoms with Crippen molar-refractivity contribution in [1.29, 1.82) is 0 Å². The molecule has 4 nitrogen and oxygen atoms in total. The molecule has 1 heterocycles. The van der Waals surface area contributed by atoms with Crippen molar-refractivity contribution >= 4 is 50.2 Å². The molecule has 0 unspecified atom stereocenters. The van der Waals surface area contributed by atoms with Crippen LogP contribution in [-0.2, 0) is 4.74 Å². The number of fused-ring (bicyclic) bond motifs is 1. The summed E-state index contributed by atoms with van der Waals surface area (Å²) in [6.45, 7) is 0. The number of carbonyl (C=O) groups is 2. The van der Waals surface area contributed by atoms with Crippen LogP contribution in [0.1, 0.15) is 32.4 Å². The molecule has 5 rings (SSSR count). The number of aromatic nitrogens is 1. The van der Waals surface area contributed by atoms with Gasteiger partial charge in [-0.25, -0.2) is 9.78 Å². The Morgan fingerprint density at radius 1 is 0.806 bits per heavy atom. The molecule has 0 saturated carbocycles. The first kappa shape index (κ1) is 23.9. The number of Topliss-reactive ketones (excluding diaryl/α,β-unsaturated/α-hetero) is 1. The molecule has 1 aromatic heterocycles. The molecule has 0 amide bonds. The van der Waals surface area contributed by atoms with Crippen molar-refractivity contribution in [2.75, 3.05) is 0 Å². The number of para-hydroxylation sites is 1. The molecular weight excluding hydrogens is 538 g/mol. The number of rotatable bonds is 6. The van der Waals surface area contributed by atoms with E-state index in [-0.39, 0.29) is 5.78 Å². The van der Waals surface area contributed by atoms with E-state index in [2.05, 4.69) is 15.9 Å². The van der Waals surface area contributed by atoms with Gasteiger partial charge in [0.2, 0.25) is 5.78 Å². The number of hydrogen-bond acceptors (Lipinski definition) is 4. The van der Waals surface area contributed by atoms with Gasteiger partial charge in [-0.1, -0.05) is 100 Å². The van der Waals surface area contributed by atoms with E-state index in [4.69, 9.17) is 21.3 Å². The third kappa shape index (κ3) is 5.08. The number of nitrogens with zero attached hydrogens (tertiary/aromatic N) is 1. The second kappa shape index (κ2) is 10.4. The highest BCUT2D eigenvalue weighted by Crippen LogP contribution is 2.30. The maximum absolute atomic E-state index is 13.6. The van der Waals surface area contributed by atoms with E-state index >= 15 is 0 Å². The Morgan fingerprint density at radius 3 is 2.19 bits per heavy atom. The van der Waals surface area contributed by atoms with Crippen molar-refractivity contribution in [3.8, 4) is 11.3 Å². The summed E-state index contributed by atoms with van der Waals surface area (Å²) >= 11 is 9.51. The maximum atomic E-state index is 13.6. The number of benzene rings is 4. The number of ketones is 1. The van der Waals surface area contributed by atoms with Gasteiger partial charge in [0.05, 0.1) is 16.8 Å². The largest absolute Gasteiger partial charge is 0.445 e. The molecule has 36 heavy (non-hydrogen) atoms. The summed E-state index contributed by atoms with van der Waals surface area (Å²) in [5.74, 6) is -0.936. The molecule has 0 fully saturated rings. The highest BCUT2D eigenvalue weighted by Gasteiger charge is 2.28. The second-order valence-electron chi connectivity index (χ2n) is 8.15. The number of carbonyl (C=O) groups excluding carboxylic acids is 2. The van der Waals surface area contributed by atoms with Gasteiger partial charge in [0.25, 0.3) is 0 Å². The lowest BCUT2D eigenvalue weighted by atomic mass is 9.99. The Labute approximate surface area is 221 Å². The third-order valence-electron chi connectivity index (χ3n) is 5.77. The minimum Gasteiger partial charge on any atom is -0.445 e. The van der Waals surface area contributed by atoms with E-state index in [0.29, 0.717) is 38.3 Å². The Hall–Kier alpha value is -3.80. The molecule has 0 aliphatic rings. The van der Waals surface area contributed by atoms with Crippen LogP contribution in [0.4, 0.5) is 0 Å². The molecule has 5 aromatic rings. The summed E-state index contributed by atoms with van der Waals surface area (Å²) in [6, 6.07) is 32.3. The van der Waals surface area contributed by atoms with Gasteiger partial charge < -0.3 is 4.74 Å². The van der Waals surface area contributed by atoms with Crippen LogP contribution in [0.25, 0.3) is 22.2 Å². The molecule has 0 radical (unpaired) electrons. The summed E-state index contributed by atoms with van der Waals surface area (Å²) in [5.41, 5.74) is 3.45. The van der Waals surface area contributed by atoms with E-state index in [1.807, 2.05) is 54.6 Å². The topological polar surface area (TPSA) is 56.3 Å². The monoisotopic (exact) mass is 555 g/mol. The van der Waals surface area contributed by atoms with Gasteiger partial charge in [0.15, 0.2) is 6.10 Å². The number of pyridine rings is 1. The summed E-state index contributed by atoms with van der Waals surface area (Å²) in [6.07, 6.45) is -1.14. The summed E-state index contributed by atoms with van der Waals surface area (Å²) in [5, 5.41) is 1.17. The molecule has 0 aliphatic heterocycles. The highest BCUT2D eigenvalue weighted by molar-refractivity contribution is 9.10. The zero-order valence-electron chi connectivity index (χ0n) is 18.9. The molecule has 176 valence electrons. The predicted octanol–water partition coefficient (Wildman–Crippen LogP) is 8.10. The number of hydrogen-bond donors (Lipinski definition) is 0. The molecule has 0 aliphatic carbocycles. The lowest BCUT2D eigenvalue weighted by Gasteiger charge is -2.18. The standard InChI is InChI=1S/C30H19BrClNO3/c31-22-14-10-19(11-15-22)27-18-25(24-8-4-5-9-26(24)33-27)30(35)36-29(21-12-16-23(32)17-13-21)28(34)20-6-2-1-3-7-20/h1-18,29H/t29-/m1/s1. The Kier molecular flexibility index (Phi) is 6.94. The van der Waals surface area contributed by atoms with Crippen LogP contribution >= 0.6 is 27.5 Å². The first-order valence-electron chi connectivity index (χ1n) is 11.2. The molecule has 0 saturated heterocycles. The SMILES string of the molecule is O=C(O[C@@H](C(=O)c1ccccc1)c1ccc(Cl)cc1)c1cc(-c2ccc(Br)cc2)nc2ccccc12. The van der Waals surface area contributed by atoms with Gasteiger partial charge in [-0.15, -0.1) is 0 Å². The van der Waals surface area contributed by atoms with Crippen LogP contribution in [0.2, 0.25) is 5.02 Å². The molecular formula is C30H19BrClNO3. The van der Waals surface area contributed by atoms with Crippen LogP contribution in [0.15, 0.2) is 114 Å². The number of ether oxygens (including phenoxy) is 1.